The quantitative estimate of drug-likeness (QED) is 0.699. The SMILES string of the molecule is NC1CCCC(OC(=O)NC2CC2)C1. The number of hydrogen-bond donors (Lipinski definition) is 2. The molecule has 2 aliphatic rings. The lowest BCUT2D eigenvalue weighted by Crippen LogP contribution is -2.36. The fourth-order valence-corrected chi connectivity index (χ4v) is 1.87. The predicted octanol–water partition coefficient (Wildman–Crippen LogP) is 1.14. The van der Waals surface area contributed by atoms with Crippen LogP contribution in [0.4, 0.5) is 4.79 Å². The zero-order valence-electron chi connectivity index (χ0n) is 8.37. The Balaban J connectivity index is 1.69. The van der Waals surface area contributed by atoms with E-state index in [4.69, 9.17) is 10.5 Å². The van der Waals surface area contributed by atoms with Crippen LogP contribution < -0.4 is 11.1 Å². The molecule has 2 fully saturated rings. The van der Waals surface area contributed by atoms with E-state index >= 15 is 0 Å². The van der Waals surface area contributed by atoms with Crippen molar-refractivity contribution in [3.63, 3.8) is 0 Å². The standard InChI is InChI=1S/C10H18N2O2/c11-7-2-1-3-9(6-7)14-10(13)12-8-4-5-8/h7-9H,1-6,11H2,(H,12,13). The van der Waals surface area contributed by atoms with Crippen molar-refractivity contribution >= 4 is 6.09 Å². The van der Waals surface area contributed by atoms with Crippen LogP contribution in [0, 0.1) is 0 Å². The summed E-state index contributed by atoms with van der Waals surface area (Å²) in [5, 5.41) is 2.81. The van der Waals surface area contributed by atoms with Crippen molar-refractivity contribution in [2.45, 2.75) is 56.7 Å². The average molecular weight is 198 g/mol. The third-order valence-electron chi connectivity index (χ3n) is 2.84. The maximum atomic E-state index is 11.3. The topological polar surface area (TPSA) is 64.3 Å². The van der Waals surface area contributed by atoms with E-state index in [1.165, 1.54) is 0 Å². The van der Waals surface area contributed by atoms with Crippen LogP contribution in [0.15, 0.2) is 0 Å². The molecule has 0 heterocycles. The van der Waals surface area contributed by atoms with Gasteiger partial charge in [-0.05, 0) is 38.5 Å². The molecule has 14 heavy (non-hydrogen) atoms. The minimum absolute atomic E-state index is 0.0394. The number of nitrogens with two attached hydrogens (primary N) is 1. The molecule has 0 aromatic heterocycles. The second kappa shape index (κ2) is 4.17. The minimum atomic E-state index is -0.258. The van der Waals surface area contributed by atoms with Crippen LogP contribution in [0.5, 0.6) is 0 Å². The lowest BCUT2D eigenvalue weighted by atomic mass is 9.94. The van der Waals surface area contributed by atoms with Gasteiger partial charge in [0.15, 0.2) is 0 Å². The van der Waals surface area contributed by atoms with Crippen molar-refractivity contribution in [3.05, 3.63) is 0 Å². The molecule has 4 nitrogen and oxygen atoms in total. The van der Waals surface area contributed by atoms with Crippen molar-refractivity contribution in [1.82, 2.24) is 5.32 Å². The minimum Gasteiger partial charge on any atom is -0.446 e. The molecular formula is C10H18N2O2. The zero-order valence-corrected chi connectivity index (χ0v) is 8.37. The van der Waals surface area contributed by atoms with E-state index in [1.54, 1.807) is 0 Å². The highest BCUT2D eigenvalue weighted by Crippen LogP contribution is 2.22. The Labute approximate surface area is 84.2 Å². The van der Waals surface area contributed by atoms with Gasteiger partial charge in [0, 0.05) is 12.1 Å². The van der Waals surface area contributed by atoms with Crippen LogP contribution in [0.3, 0.4) is 0 Å². The smallest absolute Gasteiger partial charge is 0.407 e. The van der Waals surface area contributed by atoms with Crippen molar-refractivity contribution in [3.8, 4) is 0 Å². The number of carbonyl (C=O) groups is 1. The molecule has 0 spiro atoms. The van der Waals surface area contributed by atoms with Gasteiger partial charge in [-0.1, -0.05) is 0 Å². The second-order valence-electron chi connectivity index (χ2n) is 4.37. The molecule has 2 unspecified atom stereocenters. The summed E-state index contributed by atoms with van der Waals surface area (Å²) in [4.78, 5) is 11.3. The average Bonchev–Trinajstić information content (AvgIpc) is 2.87. The summed E-state index contributed by atoms with van der Waals surface area (Å²) in [7, 11) is 0. The first kappa shape index (κ1) is 9.77. The van der Waals surface area contributed by atoms with Gasteiger partial charge < -0.3 is 15.8 Å². The monoisotopic (exact) mass is 198 g/mol. The Hall–Kier alpha value is -0.770. The van der Waals surface area contributed by atoms with Crippen molar-refractivity contribution < 1.29 is 9.53 Å². The molecule has 0 bridgehead atoms. The summed E-state index contributed by atoms with van der Waals surface area (Å²) in [5.41, 5.74) is 5.80. The maximum Gasteiger partial charge on any atom is 0.407 e. The molecule has 0 aromatic rings. The lowest BCUT2D eigenvalue weighted by Gasteiger charge is -2.26. The van der Waals surface area contributed by atoms with Crippen LogP contribution in [-0.4, -0.2) is 24.3 Å². The molecule has 4 heteroatoms. The van der Waals surface area contributed by atoms with Gasteiger partial charge in [-0.3, -0.25) is 0 Å². The van der Waals surface area contributed by atoms with Gasteiger partial charge in [-0.15, -0.1) is 0 Å². The van der Waals surface area contributed by atoms with Crippen LogP contribution in [0.1, 0.15) is 38.5 Å². The number of alkyl carbamates (subject to hydrolysis) is 1. The molecule has 3 N–H and O–H groups in total. The van der Waals surface area contributed by atoms with E-state index in [-0.39, 0.29) is 18.2 Å². The highest BCUT2D eigenvalue weighted by molar-refractivity contribution is 5.68. The van der Waals surface area contributed by atoms with Gasteiger partial charge >= 0.3 is 6.09 Å². The Bertz CT molecular complexity index is 216. The van der Waals surface area contributed by atoms with Gasteiger partial charge in [0.1, 0.15) is 6.10 Å². The van der Waals surface area contributed by atoms with E-state index in [2.05, 4.69) is 5.32 Å². The summed E-state index contributed by atoms with van der Waals surface area (Å²) in [5.74, 6) is 0. The predicted molar refractivity (Wildman–Crippen MR) is 52.9 cm³/mol. The molecule has 2 rings (SSSR count). The highest BCUT2D eigenvalue weighted by Gasteiger charge is 2.27. The first-order chi connectivity index (χ1) is 6.74. The number of carbonyl (C=O) groups excluding carboxylic acids is 1. The van der Waals surface area contributed by atoms with E-state index < -0.39 is 0 Å². The highest BCUT2D eigenvalue weighted by atomic mass is 16.6. The van der Waals surface area contributed by atoms with E-state index in [1.807, 2.05) is 0 Å². The van der Waals surface area contributed by atoms with Gasteiger partial charge in [0.05, 0.1) is 0 Å². The first-order valence-corrected chi connectivity index (χ1v) is 5.47. The van der Waals surface area contributed by atoms with Crippen molar-refractivity contribution in [2.75, 3.05) is 0 Å². The van der Waals surface area contributed by atoms with Crippen LogP contribution in [0.25, 0.3) is 0 Å². The molecule has 0 saturated heterocycles. The fraction of sp³-hybridized carbons (Fsp3) is 0.900. The Morgan fingerprint density at radius 1 is 1.29 bits per heavy atom. The Morgan fingerprint density at radius 3 is 2.71 bits per heavy atom. The van der Waals surface area contributed by atoms with E-state index in [0.29, 0.717) is 6.04 Å². The molecule has 80 valence electrons. The molecule has 0 aliphatic heterocycles. The fourth-order valence-electron chi connectivity index (χ4n) is 1.87. The largest absolute Gasteiger partial charge is 0.446 e. The van der Waals surface area contributed by atoms with E-state index in [9.17, 15) is 4.79 Å². The van der Waals surface area contributed by atoms with Gasteiger partial charge in [0.25, 0.3) is 0 Å². The van der Waals surface area contributed by atoms with Crippen molar-refractivity contribution in [1.29, 1.82) is 0 Å². The third kappa shape index (κ3) is 2.87. The number of amides is 1. The number of ether oxygens (including phenoxy) is 1. The Morgan fingerprint density at radius 2 is 2.07 bits per heavy atom. The molecule has 2 aliphatic carbocycles. The summed E-state index contributed by atoms with van der Waals surface area (Å²) in [6.45, 7) is 0. The summed E-state index contributed by atoms with van der Waals surface area (Å²) >= 11 is 0. The summed E-state index contributed by atoms with van der Waals surface area (Å²) < 4.78 is 5.28. The summed E-state index contributed by atoms with van der Waals surface area (Å²) in [6.07, 6.45) is 5.89. The third-order valence-corrected chi connectivity index (χ3v) is 2.84. The molecule has 1 amide bonds. The molecule has 2 atom stereocenters. The van der Waals surface area contributed by atoms with Crippen LogP contribution >= 0.6 is 0 Å². The zero-order chi connectivity index (χ0) is 9.97. The molecule has 0 radical (unpaired) electrons. The van der Waals surface area contributed by atoms with Crippen molar-refractivity contribution in [2.24, 2.45) is 5.73 Å². The normalized spacial score (nSPS) is 32.4. The maximum absolute atomic E-state index is 11.3. The van der Waals surface area contributed by atoms with E-state index in [0.717, 1.165) is 38.5 Å². The summed E-state index contributed by atoms with van der Waals surface area (Å²) in [6, 6.07) is 0.585. The molecule has 0 aromatic carbocycles. The van der Waals surface area contributed by atoms with Gasteiger partial charge in [-0.2, -0.15) is 0 Å². The number of hydrogen-bond acceptors (Lipinski definition) is 3. The number of rotatable bonds is 2. The first-order valence-electron chi connectivity index (χ1n) is 5.47. The van der Waals surface area contributed by atoms with Gasteiger partial charge in [0.2, 0.25) is 0 Å². The Kier molecular flexibility index (Phi) is 2.91. The second-order valence-corrected chi connectivity index (χ2v) is 4.37. The van der Waals surface area contributed by atoms with Crippen LogP contribution in [0.2, 0.25) is 0 Å². The molecule has 2 saturated carbocycles. The van der Waals surface area contributed by atoms with Gasteiger partial charge in [-0.25, -0.2) is 4.79 Å². The van der Waals surface area contributed by atoms with Crippen LogP contribution in [-0.2, 0) is 4.74 Å². The lowest BCUT2D eigenvalue weighted by molar-refractivity contribution is 0.0702. The number of nitrogens with one attached hydrogen (secondary N) is 1. The molecular weight excluding hydrogens is 180 g/mol.